The molecule has 4 heterocycles. The van der Waals surface area contributed by atoms with E-state index in [0.717, 1.165) is 83.2 Å². The van der Waals surface area contributed by atoms with Gasteiger partial charge in [-0.05, 0) is 53.6 Å². The second-order valence-electron chi connectivity index (χ2n) is 14.6. The van der Waals surface area contributed by atoms with E-state index in [1.807, 2.05) is 36.4 Å². The highest BCUT2D eigenvalue weighted by atomic mass is 16.3. The van der Waals surface area contributed by atoms with Crippen LogP contribution >= 0.6 is 0 Å². The second kappa shape index (κ2) is 12.4. The summed E-state index contributed by atoms with van der Waals surface area (Å²) in [7, 11) is 0. The lowest BCUT2D eigenvalue weighted by atomic mass is 9.97. The molecule has 1 aliphatic heterocycles. The molecule has 0 aliphatic carbocycles. The van der Waals surface area contributed by atoms with E-state index < -0.39 is 0 Å². The minimum Gasteiger partial charge on any atom is -0.456 e. The van der Waals surface area contributed by atoms with Crippen molar-refractivity contribution in [3.05, 3.63) is 199 Å². The van der Waals surface area contributed by atoms with E-state index in [2.05, 4.69) is 155 Å². The maximum absolute atomic E-state index is 6.73. The van der Waals surface area contributed by atoms with Crippen molar-refractivity contribution in [3.8, 4) is 16.8 Å². The number of para-hydroxylation sites is 3. The molecule has 1 N–H and O–H groups in total. The van der Waals surface area contributed by atoms with Gasteiger partial charge in [-0.25, -0.2) is 9.98 Å². The van der Waals surface area contributed by atoms with Gasteiger partial charge in [0.05, 0.1) is 11.0 Å². The number of furan rings is 2. The van der Waals surface area contributed by atoms with Crippen LogP contribution in [-0.4, -0.2) is 16.2 Å². The van der Waals surface area contributed by atoms with Gasteiger partial charge in [0.2, 0.25) is 0 Å². The van der Waals surface area contributed by atoms with Crippen molar-refractivity contribution in [1.29, 1.82) is 0 Å². The zero-order valence-electron chi connectivity index (χ0n) is 30.6. The fourth-order valence-corrected chi connectivity index (χ4v) is 8.66. The largest absolute Gasteiger partial charge is 0.456 e. The number of nitrogens with one attached hydrogen (secondary N) is 1. The van der Waals surface area contributed by atoms with E-state index in [4.69, 9.17) is 18.8 Å². The van der Waals surface area contributed by atoms with Gasteiger partial charge in [-0.2, -0.15) is 0 Å². The van der Waals surface area contributed by atoms with Crippen LogP contribution in [0.5, 0.6) is 0 Å². The maximum atomic E-state index is 6.73. The lowest BCUT2D eigenvalue weighted by molar-refractivity contribution is 0.664. The molecule has 0 bridgehead atoms. The third-order valence-corrected chi connectivity index (χ3v) is 11.3. The molecule has 0 fully saturated rings. The van der Waals surface area contributed by atoms with Crippen molar-refractivity contribution in [2.24, 2.45) is 9.98 Å². The van der Waals surface area contributed by atoms with E-state index in [1.165, 1.54) is 21.8 Å². The van der Waals surface area contributed by atoms with Crippen LogP contribution in [0, 0.1) is 0 Å². The van der Waals surface area contributed by atoms with E-state index in [9.17, 15) is 0 Å². The Bertz CT molecular complexity index is 3390. The van der Waals surface area contributed by atoms with Crippen LogP contribution < -0.4 is 5.32 Å². The molecule has 1 atom stereocenters. The average molecular weight is 733 g/mol. The molecule has 11 aromatic rings. The van der Waals surface area contributed by atoms with Crippen molar-refractivity contribution in [2.75, 3.05) is 0 Å². The van der Waals surface area contributed by atoms with Crippen molar-refractivity contribution in [1.82, 2.24) is 9.88 Å². The summed E-state index contributed by atoms with van der Waals surface area (Å²) in [6.07, 6.45) is -0.344. The van der Waals surface area contributed by atoms with Crippen molar-refractivity contribution >= 4 is 77.4 Å². The van der Waals surface area contributed by atoms with Gasteiger partial charge < -0.3 is 18.7 Å². The third kappa shape index (κ3) is 4.97. The first-order valence-corrected chi connectivity index (χ1v) is 19.2. The fraction of sp³-hybridized carbons (Fsp3) is 0.0196. The Morgan fingerprint density at radius 3 is 1.95 bits per heavy atom. The number of amidine groups is 2. The van der Waals surface area contributed by atoms with Gasteiger partial charge in [-0.15, -0.1) is 0 Å². The third-order valence-electron chi connectivity index (χ3n) is 11.3. The van der Waals surface area contributed by atoms with Crippen LogP contribution in [0.1, 0.15) is 22.9 Å². The first-order chi connectivity index (χ1) is 28.2. The average Bonchev–Trinajstić information content (AvgIpc) is 3.96. The molecule has 1 unspecified atom stereocenters. The quantitative estimate of drug-likeness (QED) is 0.192. The summed E-state index contributed by atoms with van der Waals surface area (Å²) < 4.78 is 15.7. The van der Waals surface area contributed by atoms with Crippen LogP contribution in [0.3, 0.4) is 0 Å². The first kappa shape index (κ1) is 31.6. The van der Waals surface area contributed by atoms with E-state index in [1.54, 1.807) is 0 Å². The summed E-state index contributed by atoms with van der Waals surface area (Å²) in [4.78, 5) is 10.1. The summed E-state index contributed by atoms with van der Waals surface area (Å²) in [5, 5.41) is 10.3. The lowest BCUT2D eigenvalue weighted by Gasteiger charge is -2.23. The van der Waals surface area contributed by atoms with Crippen LogP contribution in [0.4, 0.5) is 0 Å². The minimum absolute atomic E-state index is 0.344. The Hall–Kier alpha value is -7.70. The van der Waals surface area contributed by atoms with Gasteiger partial charge in [0, 0.05) is 60.8 Å². The summed E-state index contributed by atoms with van der Waals surface area (Å²) in [5.74, 6) is 1.48. The van der Waals surface area contributed by atoms with Crippen molar-refractivity contribution < 1.29 is 8.83 Å². The number of hydrogen-bond donors (Lipinski definition) is 1. The van der Waals surface area contributed by atoms with Crippen LogP contribution in [0.25, 0.3) is 82.5 Å². The number of benzene rings is 8. The van der Waals surface area contributed by atoms with E-state index >= 15 is 0 Å². The number of aromatic nitrogens is 1. The van der Waals surface area contributed by atoms with Gasteiger partial charge in [-0.3, -0.25) is 0 Å². The molecule has 12 rings (SSSR count). The first-order valence-electron chi connectivity index (χ1n) is 19.2. The summed E-state index contributed by atoms with van der Waals surface area (Å²) in [6, 6.07) is 63.1. The molecule has 0 radical (unpaired) electrons. The molecule has 6 heteroatoms. The number of nitrogens with zero attached hydrogens (tertiary/aromatic N) is 3. The van der Waals surface area contributed by atoms with Crippen LogP contribution in [-0.2, 0) is 0 Å². The SMILES string of the molecule is c1ccc(C2=NC(c3ccc4oc5c(-c6cccc7oc8cc(-n9c%10ccccc%10c%10ccccc%109)ccc8c67)cccc5c4c3)NC(c3ccccc3)=N2)cc1. The molecule has 0 saturated carbocycles. The maximum Gasteiger partial charge on any atom is 0.159 e. The predicted molar refractivity (Wildman–Crippen MR) is 233 cm³/mol. The molecule has 8 aromatic carbocycles. The smallest absolute Gasteiger partial charge is 0.159 e. The second-order valence-corrected chi connectivity index (χ2v) is 14.6. The highest BCUT2D eigenvalue weighted by Gasteiger charge is 2.23. The van der Waals surface area contributed by atoms with Crippen molar-refractivity contribution in [3.63, 3.8) is 0 Å². The standard InChI is InChI=1S/C51H32N4O2/c1-3-13-31(14-4-1)49-52-50(32-15-5-2-6-16-32)54-51(53-49)33-25-28-44-41(29-33)39-21-11-20-38(48(39)57-44)37-19-12-24-45-47(37)40-27-26-34(30-46(40)56-45)55-42-22-9-7-17-35(42)36-18-8-10-23-43(36)55/h1-30,51H,(H,52,53,54). The molecule has 3 aromatic heterocycles. The minimum atomic E-state index is -0.344. The fourth-order valence-electron chi connectivity index (χ4n) is 8.66. The van der Waals surface area contributed by atoms with Gasteiger partial charge in [-0.1, -0.05) is 133 Å². The Morgan fingerprint density at radius 2 is 1.16 bits per heavy atom. The van der Waals surface area contributed by atoms with Gasteiger partial charge >= 0.3 is 0 Å². The van der Waals surface area contributed by atoms with Gasteiger partial charge in [0.1, 0.15) is 34.3 Å². The van der Waals surface area contributed by atoms with Crippen LogP contribution in [0.2, 0.25) is 0 Å². The van der Waals surface area contributed by atoms with E-state index in [0.29, 0.717) is 5.84 Å². The van der Waals surface area contributed by atoms with Gasteiger partial charge in [0.15, 0.2) is 5.84 Å². The Morgan fingerprint density at radius 1 is 0.474 bits per heavy atom. The van der Waals surface area contributed by atoms with Crippen molar-refractivity contribution in [2.45, 2.75) is 6.17 Å². The van der Waals surface area contributed by atoms with Gasteiger partial charge in [0.25, 0.3) is 0 Å². The number of fused-ring (bicyclic) bond motifs is 9. The normalized spacial score (nSPS) is 14.5. The summed E-state index contributed by atoms with van der Waals surface area (Å²) in [5.41, 5.74) is 11.8. The lowest BCUT2D eigenvalue weighted by Crippen LogP contribution is -2.33. The highest BCUT2D eigenvalue weighted by Crippen LogP contribution is 2.43. The molecule has 0 saturated heterocycles. The summed E-state index contributed by atoms with van der Waals surface area (Å²) in [6.45, 7) is 0. The Kier molecular flexibility index (Phi) is 6.89. The van der Waals surface area contributed by atoms with E-state index in [-0.39, 0.29) is 6.17 Å². The highest BCUT2D eigenvalue weighted by molar-refractivity contribution is 6.18. The Balaban J connectivity index is 0.976. The molecule has 0 amide bonds. The Labute approximate surface area is 326 Å². The number of rotatable bonds is 5. The monoisotopic (exact) mass is 732 g/mol. The topological polar surface area (TPSA) is 68.0 Å². The zero-order chi connectivity index (χ0) is 37.5. The molecule has 1 aliphatic rings. The molecular weight excluding hydrogens is 701 g/mol. The molecule has 0 spiro atoms. The number of aliphatic imine (C=N–C) groups is 2. The summed E-state index contributed by atoms with van der Waals surface area (Å²) >= 11 is 0. The molecule has 268 valence electrons. The molecule has 57 heavy (non-hydrogen) atoms. The number of hydrogen-bond acceptors (Lipinski definition) is 5. The zero-order valence-corrected chi connectivity index (χ0v) is 30.6. The molecular formula is C51H32N4O2. The predicted octanol–water partition coefficient (Wildman–Crippen LogP) is 12.7. The van der Waals surface area contributed by atoms with Crippen LogP contribution in [0.15, 0.2) is 201 Å². The molecule has 6 nitrogen and oxygen atoms in total.